The SMILES string of the molecule is CN(C#N)c1cc(Nc2ccc3nc[nH]c3c2)ncn1. The van der Waals surface area contributed by atoms with Crippen molar-refractivity contribution in [3.05, 3.63) is 36.9 Å². The number of hydrogen-bond acceptors (Lipinski definition) is 6. The summed E-state index contributed by atoms with van der Waals surface area (Å²) in [5.41, 5.74) is 2.73. The molecule has 0 amide bonds. The van der Waals surface area contributed by atoms with Crippen LogP contribution in [0.25, 0.3) is 11.0 Å². The molecule has 0 fully saturated rings. The second-order valence-corrected chi connectivity index (χ2v) is 4.18. The lowest BCUT2D eigenvalue weighted by molar-refractivity contribution is 1.08. The molecule has 1 aromatic carbocycles. The third-order valence-corrected chi connectivity index (χ3v) is 2.84. The first-order valence-corrected chi connectivity index (χ1v) is 5.92. The first-order valence-electron chi connectivity index (χ1n) is 5.92. The number of fused-ring (bicyclic) bond motifs is 1. The van der Waals surface area contributed by atoms with Gasteiger partial charge in [-0.1, -0.05) is 0 Å². The summed E-state index contributed by atoms with van der Waals surface area (Å²) < 4.78 is 0. The molecule has 0 atom stereocenters. The smallest absolute Gasteiger partial charge is 0.185 e. The van der Waals surface area contributed by atoms with Gasteiger partial charge in [0.05, 0.1) is 17.4 Å². The molecule has 98 valence electrons. The molecule has 0 saturated heterocycles. The number of nitrogens with one attached hydrogen (secondary N) is 2. The van der Waals surface area contributed by atoms with Crippen LogP contribution in [0.15, 0.2) is 36.9 Å². The molecule has 0 aliphatic heterocycles. The summed E-state index contributed by atoms with van der Waals surface area (Å²) in [5, 5.41) is 12.0. The summed E-state index contributed by atoms with van der Waals surface area (Å²) in [6, 6.07) is 7.48. The van der Waals surface area contributed by atoms with Crippen LogP contribution in [-0.4, -0.2) is 27.0 Å². The van der Waals surface area contributed by atoms with E-state index in [1.165, 1.54) is 11.2 Å². The normalized spacial score (nSPS) is 10.2. The number of H-pyrrole nitrogens is 1. The summed E-state index contributed by atoms with van der Waals surface area (Å²) in [6.45, 7) is 0. The topological polar surface area (TPSA) is 93.5 Å². The first kappa shape index (κ1) is 11.9. The summed E-state index contributed by atoms with van der Waals surface area (Å²) in [4.78, 5) is 16.7. The molecule has 7 nitrogen and oxygen atoms in total. The monoisotopic (exact) mass is 265 g/mol. The van der Waals surface area contributed by atoms with Gasteiger partial charge in [-0.2, -0.15) is 5.26 Å². The maximum atomic E-state index is 8.85. The van der Waals surface area contributed by atoms with E-state index in [1.54, 1.807) is 19.4 Å². The molecule has 0 bridgehead atoms. The van der Waals surface area contributed by atoms with E-state index in [1.807, 2.05) is 24.4 Å². The zero-order valence-electron chi connectivity index (χ0n) is 10.7. The van der Waals surface area contributed by atoms with E-state index in [2.05, 4.69) is 25.3 Å². The van der Waals surface area contributed by atoms with Crippen molar-refractivity contribution in [3.63, 3.8) is 0 Å². The van der Waals surface area contributed by atoms with E-state index in [0.29, 0.717) is 11.6 Å². The Bertz CT molecular complexity index is 787. The van der Waals surface area contributed by atoms with Gasteiger partial charge in [-0.25, -0.2) is 15.0 Å². The molecular formula is C13H11N7. The average Bonchev–Trinajstić information content (AvgIpc) is 2.94. The number of aromatic nitrogens is 4. The second kappa shape index (κ2) is 4.85. The van der Waals surface area contributed by atoms with E-state index in [-0.39, 0.29) is 0 Å². The maximum absolute atomic E-state index is 8.85. The van der Waals surface area contributed by atoms with Gasteiger partial charge < -0.3 is 10.3 Å². The first-order chi connectivity index (χ1) is 9.76. The van der Waals surface area contributed by atoms with Crippen LogP contribution in [0.1, 0.15) is 0 Å². The van der Waals surface area contributed by atoms with E-state index < -0.39 is 0 Å². The van der Waals surface area contributed by atoms with Crippen LogP contribution in [0.4, 0.5) is 17.3 Å². The molecule has 3 aromatic rings. The molecule has 2 N–H and O–H groups in total. The summed E-state index contributed by atoms with van der Waals surface area (Å²) >= 11 is 0. The molecule has 3 rings (SSSR count). The Morgan fingerprint density at radius 1 is 1.25 bits per heavy atom. The largest absolute Gasteiger partial charge is 0.345 e. The van der Waals surface area contributed by atoms with Gasteiger partial charge in [0.2, 0.25) is 0 Å². The number of imidazole rings is 1. The predicted molar refractivity (Wildman–Crippen MR) is 75.4 cm³/mol. The third-order valence-electron chi connectivity index (χ3n) is 2.84. The van der Waals surface area contributed by atoms with Crippen molar-refractivity contribution in [3.8, 4) is 6.19 Å². The fraction of sp³-hybridized carbons (Fsp3) is 0.0769. The Kier molecular flexibility index (Phi) is 2.89. The highest BCUT2D eigenvalue weighted by molar-refractivity contribution is 5.80. The number of anilines is 3. The number of benzene rings is 1. The van der Waals surface area contributed by atoms with Crippen molar-refractivity contribution in [2.24, 2.45) is 0 Å². The minimum Gasteiger partial charge on any atom is -0.345 e. The second-order valence-electron chi connectivity index (χ2n) is 4.18. The highest BCUT2D eigenvalue weighted by atomic mass is 15.2. The van der Waals surface area contributed by atoms with E-state index in [9.17, 15) is 0 Å². The number of nitrogens with zero attached hydrogens (tertiary/aromatic N) is 5. The Morgan fingerprint density at radius 2 is 2.15 bits per heavy atom. The maximum Gasteiger partial charge on any atom is 0.185 e. The van der Waals surface area contributed by atoms with Crippen molar-refractivity contribution in [2.45, 2.75) is 0 Å². The van der Waals surface area contributed by atoms with Gasteiger partial charge in [0.1, 0.15) is 18.0 Å². The van der Waals surface area contributed by atoms with Crippen LogP contribution in [0.5, 0.6) is 0 Å². The van der Waals surface area contributed by atoms with Gasteiger partial charge in [0, 0.05) is 18.8 Å². The zero-order valence-corrected chi connectivity index (χ0v) is 10.7. The fourth-order valence-corrected chi connectivity index (χ4v) is 1.81. The van der Waals surface area contributed by atoms with Crippen molar-refractivity contribution >= 4 is 28.4 Å². The summed E-state index contributed by atoms with van der Waals surface area (Å²) in [6.07, 6.45) is 5.06. The van der Waals surface area contributed by atoms with Crippen LogP contribution in [0.3, 0.4) is 0 Å². The van der Waals surface area contributed by atoms with E-state index in [0.717, 1.165) is 16.7 Å². The van der Waals surface area contributed by atoms with Crippen LogP contribution >= 0.6 is 0 Å². The molecule has 20 heavy (non-hydrogen) atoms. The van der Waals surface area contributed by atoms with Crippen LogP contribution in [0, 0.1) is 11.5 Å². The van der Waals surface area contributed by atoms with E-state index >= 15 is 0 Å². The Balaban J connectivity index is 1.88. The van der Waals surface area contributed by atoms with E-state index in [4.69, 9.17) is 5.26 Å². The van der Waals surface area contributed by atoms with Crippen LogP contribution < -0.4 is 10.2 Å². The van der Waals surface area contributed by atoms with Crippen molar-refractivity contribution in [1.29, 1.82) is 5.26 Å². The van der Waals surface area contributed by atoms with Gasteiger partial charge in [-0.15, -0.1) is 0 Å². The minimum absolute atomic E-state index is 0.535. The van der Waals surface area contributed by atoms with Gasteiger partial charge in [-0.3, -0.25) is 4.90 Å². The average molecular weight is 265 g/mol. The molecule has 0 saturated carbocycles. The highest BCUT2D eigenvalue weighted by Crippen LogP contribution is 2.20. The lowest BCUT2D eigenvalue weighted by atomic mass is 10.3. The molecular weight excluding hydrogens is 254 g/mol. The van der Waals surface area contributed by atoms with Gasteiger partial charge in [0.15, 0.2) is 6.19 Å². The third kappa shape index (κ3) is 2.22. The Morgan fingerprint density at radius 3 is 3.00 bits per heavy atom. The Hall–Kier alpha value is -3.14. The lowest BCUT2D eigenvalue weighted by Crippen LogP contribution is -2.10. The number of hydrogen-bond donors (Lipinski definition) is 2. The van der Waals surface area contributed by atoms with Crippen LogP contribution in [-0.2, 0) is 0 Å². The summed E-state index contributed by atoms with van der Waals surface area (Å²) in [5.74, 6) is 1.16. The zero-order chi connectivity index (χ0) is 13.9. The van der Waals surface area contributed by atoms with Gasteiger partial charge in [-0.05, 0) is 18.2 Å². The highest BCUT2D eigenvalue weighted by Gasteiger charge is 2.04. The van der Waals surface area contributed by atoms with Gasteiger partial charge >= 0.3 is 0 Å². The quantitative estimate of drug-likeness (QED) is 0.555. The van der Waals surface area contributed by atoms with Crippen molar-refractivity contribution in [2.75, 3.05) is 17.3 Å². The molecule has 0 radical (unpaired) electrons. The lowest BCUT2D eigenvalue weighted by Gasteiger charge is -2.10. The molecule has 0 spiro atoms. The molecule has 7 heteroatoms. The predicted octanol–water partition coefficient (Wildman–Crippen LogP) is 2.01. The molecule has 2 aromatic heterocycles. The number of aromatic amines is 1. The van der Waals surface area contributed by atoms with Crippen molar-refractivity contribution in [1.82, 2.24) is 19.9 Å². The Labute approximate surface area is 114 Å². The molecule has 0 aliphatic carbocycles. The molecule has 2 heterocycles. The molecule has 0 unspecified atom stereocenters. The summed E-state index contributed by atoms with van der Waals surface area (Å²) in [7, 11) is 1.64. The number of nitriles is 1. The fourth-order valence-electron chi connectivity index (χ4n) is 1.81. The molecule has 0 aliphatic rings. The standard InChI is InChI=1S/C13H11N7/c1-20(6-14)13-5-12(17-8-18-13)19-9-2-3-10-11(4-9)16-7-15-10/h2-5,7-8H,1H3,(H,15,16)(H,17,18,19). The number of rotatable bonds is 3. The minimum atomic E-state index is 0.535. The van der Waals surface area contributed by atoms with Crippen LogP contribution in [0.2, 0.25) is 0 Å². The van der Waals surface area contributed by atoms with Crippen molar-refractivity contribution < 1.29 is 0 Å². The van der Waals surface area contributed by atoms with Gasteiger partial charge in [0.25, 0.3) is 0 Å².